The number of anilines is 1. The summed E-state index contributed by atoms with van der Waals surface area (Å²) in [6, 6.07) is 10.3. The Labute approximate surface area is 111 Å². The molecule has 4 nitrogen and oxygen atoms in total. The van der Waals surface area contributed by atoms with Gasteiger partial charge in [0.25, 0.3) is 0 Å². The Balaban J connectivity index is 2.19. The predicted molar refractivity (Wildman–Crippen MR) is 76.9 cm³/mol. The maximum Gasteiger partial charge on any atom is 0.201 e. The molecule has 0 radical (unpaired) electrons. The van der Waals surface area contributed by atoms with E-state index in [1.807, 2.05) is 18.2 Å². The first-order valence-corrected chi connectivity index (χ1v) is 6.31. The third-order valence-electron chi connectivity index (χ3n) is 3.45. The number of rotatable bonds is 2. The van der Waals surface area contributed by atoms with Crippen molar-refractivity contribution < 1.29 is 0 Å². The zero-order chi connectivity index (χ0) is 13.4. The average Bonchev–Trinajstić information content (AvgIpc) is 2.74. The van der Waals surface area contributed by atoms with Crippen LogP contribution in [0.5, 0.6) is 0 Å². The summed E-state index contributed by atoms with van der Waals surface area (Å²) >= 11 is 0. The molecule has 0 saturated heterocycles. The first-order chi connectivity index (χ1) is 9.16. The number of aromatic nitrogens is 3. The van der Waals surface area contributed by atoms with Crippen LogP contribution in [0.1, 0.15) is 24.1 Å². The summed E-state index contributed by atoms with van der Waals surface area (Å²) in [4.78, 5) is 8.48. The van der Waals surface area contributed by atoms with Crippen LogP contribution in [0.4, 0.5) is 5.95 Å². The van der Waals surface area contributed by atoms with Crippen LogP contribution in [0.3, 0.4) is 0 Å². The second-order valence-corrected chi connectivity index (χ2v) is 4.79. The number of hydrogen-bond donors (Lipinski definition) is 1. The topological polar surface area (TPSA) is 56.7 Å². The Hall–Kier alpha value is -2.36. The normalized spacial score (nSPS) is 12.7. The van der Waals surface area contributed by atoms with Crippen LogP contribution in [-0.4, -0.2) is 14.5 Å². The summed E-state index contributed by atoms with van der Waals surface area (Å²) in [6.07, 6.45) is 3.60. The van der Waals surface area contributed by atoms with Crippen molar-refractivity contribution in [1.82, 2.24) is 14.5 Å². The fraction of sp³-hybridized carbons (Fsp3) is 0.200. The lowest BCUT2D eigenvalue weighted by Crippen LogP contribution is -2.10. The van der Waals surface area contributed by atoms with E-state index in [9.17, 15) is 0 Å². The maximum atomic E-state index is 6.08. The molecule has 3 aromatic rings. The molecule has 4 heteroatoms. The minimum Gasteiger partial charge on any atom is -0.369 e. The lowest BCUT2D eigenvalue weighted by molar-refractivity contribution is 0.666. The Morgan fingerprint density at radius 1 is 1.16 bits per heavy atom. The highest BCUT2D eigenvalue weighted by Crippen LogP contribution is 2.27. The molecular formula is C15H16N4. The van der Waals surface area contributed by atoms with Gasteiger partial charge in [0.15, 0.2) is 0 Å². The number of nitrogens with two attached hydrogens (primary N) is 1. The highest BCUT2D eigenvalue weighted by Gasteiger charge is 2.15. The van der Waals surface area contributed by atoms with Crippen LogP contribution < -0.4 is 5.73 Å². The van der Waals surface area contributed by atoms with Gasteiger partial charge in [0.2, 0.25) is 5.95 Å². The smallest absolute Gasteiger partial charge is 0.201 e. The van der Waals surface area contributed by atoms with Gasteiger partial charge in [-0.1, -0.05) is 6.07 Å². The molecular weight excluding hydrogens is 236 g/mol. The van der Waals surface area contributed by atoms with Gasteiger partial charge in [-0.3, -0.25) is 4.98 Å². The van der Waals surface area contributed by atoms with Crippen LogP contribution in [0.2, 0.25) is 0 Å². The molecule has 1 atom stereocenters. The number of nitrogens with zero attached hydrogens (tertiary/aromatic N) is 3. The van der Waals surface area contributed by atoms with E-state index in [1.54, 1.807) is 12.4 Å². The fourth-order valence-electron chi connectivity index (χ4n) is 2.42. The van der Waals surface area contributed by atoms with Crippen molar-refractivity contribution in [2.24, 2.45) is 0 Å². The van der Waals surface area contributed by atoms with Gasteiger partial charge >= 0.3 is 0 Å². The molecule has 0 saturated carbocycles. The number of fused-ring (bicyclic) bond motifs is 1. The fourth-order valence-corrected chi connectivity index (χ4v) is 2.42. The monoisotopic (exact) mass is 252 g/mol. The van der Waals surface area contributed by atoms with Crippen LogP contribution in [0.25, 0.3) is 11.0 Å². The summed E-state index contributed by atoms with van der Waals surface area (Å²) in [6.45, 7) is 4.19. The van der Waals surface area contributed by atoms with E-state index in [2.05, 4.69) is 40.5 Å². The molecule has 19 heavy (non-hydrogen) atoms. The molecule has 0 bridgehead atoms. The minimum atomic E-state index is 0.134. The van der Waals surface area contributed by atoms with Gasteiger partial charge in [0, 0.05) is 12.4 Å². The quantitative estimate of drug-likeness (QED) is 0.763. The standard InChI is InChI=1S/C15H16N4/c1-10-3-4-13-14(9-10)19(15(16)18-13)11(2)12-5-7-17-8-6-12/h3-9,11H,1-2H3,(H2,16,18). The molecule has 1 unspecified atom stereocenters. The largest absolute Gasteiger partial charge is 0.369 e. The van der Waals surface area contributed by atoms with Crippen molar-refractivity contribution in [3.05, 3.63) is 53.9 Å². The van der Waals surface area contributed by atoms with Crippen molar-refractivity contribution in [1.29, 1.82) is 0 Å². The molecule has 0 aliphatic carbocycles. The Morgan fingerprint density at radius 3 is 2.63 bits per heavy atom. The number of benzene rings is 1. The molecule has 3 rings (SSSR count). The van der Waals surface area contributed by atoms with Crippen LogP contribution in [0.15, 0.2) is 42.7 Å². The van der Waals surface area contributed by atoms with Gasteiger partial charge in [-0.25, -0.2) is 4.98 Å². The first-order valence-electron chi connectivity index (χ1n) is 6.31. The number of imidazole rings is 1. The van der Waals surface area contributed by atoms with Gasteiger partial charge < -0.3 is 10.3 Å². The lowest BCUT2D eigenvalue weighted by Gasteiger charge is -2.16. The van der Waals surface area contributed by atoms with E-state index in [1.165, 1.54) is 11.1 Å². The Morgan fingerprint density at radius 2 is 1.89 bits per heavy atom. The van der Waals surface area contributed by atoms with Crippen molar-refractivity contribution in [3.63, 3.8) is 0 Å². The second kappa shape index (κ2) is 4.39. The molecule has 0 fully saturated rings. The molecule has 0 spiro atoms. The van der Waals surface area contributed by atoms with E-state index in [4.69, 9.17) is 5.73 Å². The van der Waals surface area contributed by atoms with Crippen LogP contribution in [-0.2, 0) is 0 Å². The minimum absolute atomic E-state index is 0.134. The summed E-state index contributed by atoms with van der Waals surface area (Å²) in [5.41, 5.74) is 10.5. The van der Waals surface area contributed by atoms with E-state index < -0.39 is 0 Å². The molecule has 2 aromatic heterocycles. The highest BCUT2D eigenvalue weighted by atomic mass is 15.2. The van der Waals surface area contributed by atoms with Crippen molar-refractivity contribution in [2.45, 2.75) is 19.9 Å². The van der Waals surface area contributed by atoms with Crippen LogP contribution >= 0.6 is 0 Å². The molecule has 96 valence electrons. The summed E-state index contributed by atoms with van der Waals surface area (Å²) in [5.74, 6) is 0.546. The summed E-state index contributed by atoms with van der Waals surface area (Å²) in [7, 11) is 0. The van der Waals surface area contributed by atoms with Crippen molar-refractivity contribution >= 4 is 17.0 Å². The molecule has 2 heterocycles. The lowest BCUT2D eigenvalue weighted by atomic mass is 10.1. The number of pyridine rings is 1. The van der Waals surface area contributed by atoms with Gasteiger partial charge in [0.05, 0.1) is 17.1 Å². The SMILES string of the molecule is Cc1ccc2nc(N)n(C(C)c3ccncc3)c2c1. The van der Waals surface area contributed by atoms with Gasteiger partial charge in [-0.05, 0) is 49.2 Å². The molecule has 2 N–H and O–H groups in total. The van der Waals surface area contributed by atoms with E-state index >= 15 is 0 Å². The maximum absolute atomic E-state index is 6.08. The predicted octanol–water partition coefficient (Wildman–Crippen LogP) is 2.93. The van der Waals surface area contributed by atoms with Gasteiger partial charge in [-0.15, -0.1) is 0 Å². The molecule has 0 aliphatic rings. The zero-order valence-corrected chi connectivity index (χ0v) is 11.0. The van der Waals surface area contributed by atoms with Crippen LogP contribution in [0, 0.1) is 6.92 Å². The first kappa shape index (κ1) is 11.7. The number of hydrogen-bond acceptors (Lipinski definition) is 3. The number of aryl methyl sites for hydroxylation is 1. The van der Waals surface area contributed by atoms with Gasteiger partial charge in [-0.2, -0.15) is 0 Å². The third-order valence-corrected chi connectivity index (χ3v) is 3.45. The molecule has 1 aromatic carbocycles. The third kappa shape index (κ3) is 1.95. The Kier molecular flexibility index (Phi) is 2.71. The average molecular weight is 252 g/mol. The van der Waals surface area contributed by atoms with E-state index in [-0.39, 0.29) is 6.04 Å². The van der Waals surface area contributed by atoms with Crippen molar-refractivity contribution in [3.8, 4) is 0 Å². The highest BCUT2D eigenvalue weighted by molar-refractivity contribution is 5.79. The van der Waals surface area contributed by atoms with E-state index in [0.29, 0.717) is 5.95 Å². The summed E-state index contributed by atoms with van der Waals surface area (Å²) in [5, 5.41) is 0. The van der Waals surface area contributed by atoms with Crippen molar-refractivity contribution in [2.75, 3.05) is 5.73 Å². The van der Waals surface area contributed by atoms with Gasteiger partial charge in [0.1, 0.15) is 0 Å². The zero-order valence-electron chi connectivity index (χ0n) is 11.0. The summed E-state index contributed by atoms with van der Waals surface area (Å²) < 4.78 is 2.07. The van der Waals surface area contributed by atoms with E-state index in [0.717, 1.165) is 11.0 Å². The molecule has 0 aliphatic heterocycles. The second-order valence-electron chi connectivity index (χ2n) is 4.79. The number of nitrogen functional groups attached to an aromatic ring is 1. The Bertz CT molecular complexity index is 716. The molecule has 0 amide bonds.